The highest BCUT2D eigenvalue weighted by Gasteiger charge is 2.64. The Kier molecular flexibility index (Phi) is 6.56. The number of nitrogens with zero attached hydrogens (tertiary/aromatic N) is 2. The highest BCUT2D eigenvalue weighted by Crippen LogP contribution is 2.58. The predicted octanol–water partition coefficient (Wildman–Crippen LogP) is 4.18. The molecule has 0 atom stereocenters. The lowest BCUT2D eigenvalue weighted by atomic mass is 9.90. The first-order valence-corrected chi connectivity index (χ1v) is 13.0. The van der Waals surface area contributed by atoms with Gasteiger partial charge in [0.1, 0.15) is 5.52 Å². The minimum absolute atomic E-state index is 0.0635. The third kappa shape index (κ3) is 5.96. The highest BCUT2D eigenvalue weighted by molar-refractivity contribution is 7.91. The lowest BCUT2D eigenvalue weighted by Crippen LogP contribution is -2.39. The number of anilines is 1. The van der Waals surface area contributed by atoms with E-state index in [1.807, 2.05) is 0 Å². The number of aromatic amines is 1. The van der Waals surface area contributed by atoms with E-state index in [1.165, 1.54) is 6.20 Å². The summed E-state index contributed by atoms with van der Waals surface area (Å²) in [6.45, 7) is 0. The molecule has 0 bridgehead atoms. The molecule has 0 spiro atoms. The van der Waals surface area contributed by atoms with Gasteiger partial charge in [-0.25, -0.2) is 23.2 Å². The summed E-state index contributed by atoms with van der Waals surface area (Å²) in [7, 11) is -3.78. The van der Waals surface area contributed by atoms with Gasteiger partial charge in [-0.2, -0.15) is 13.2 Å². The van der Waals surface area contributed by atoms with Crippen molar-refractivity contribution in [3.05, 3.63) is 18.5 Å². The van der Waals surface area contributed by atoms with Crippen molar-refractivity contribution in [1.82, 2.24) is 20.3 Å². The van der Waals surface area contributed by atoms with E-state index in [-0.39, 0.29) is 36.6 Å². The van der Waals surface area contributed by atoms with Gasteiger partial charge < -0.3 is 10.3 Å². The molecule has 4 rings (SSSR count). The molecule has 2 aliphatic rings. The van der Waals surface area contributed by atoms with Gasteiger partial charge in [0.2, 0.25) is 0 Å². The smallest absolute Gasteiger partial charge is 0.345 e. The van der Waals surface area contributed by atoms with Crippen LogP contribution in [-0.4, -0.2) is 53.1 Å². The van der Waals surface area contributed by atoms with Crippen molar-refractivity contribution in [3.8, 4) is 0 Å². The quantitative estimate of drug-likeness (QED) is 0.565. The first-order valence-electron chi connectivity index (χ1n) is 11.2. The van der Waals surface area contributed by atoms with Gasteiger partial charge in [-0.15, -0.1) is 0 Å². The molecular weight excluding hydrogens is 459 g/mol. The molecule has 0 radical (unpaired) electrons. The normalized spacial score (nSPS) is 23.5. The zero-order valence-corrected chi connectivity index (χ0v) is 18.9. The number of fused-ring (bicyclic) bond motifs is 1. The number of hydrogen-bond donors (Lipinski definition) is 3. The van der Waals surface area contributed by atoms with Crippen LogP contribution in [0.4, 0.5) is 23.8 Å². The zero-order valence-electron chi connectivity index (χ0n) is 18.1. The second-order valence-corrected chi connectivity index (χ2v) is 11.4. The van der Waals surface area contributed by atoms with Gasteiger partial charge in [0.25, 0.3) is 0 Å². The van der Waals surface area contributed by atoms with Gasteiger partial charge >= 0.3 is 12.2 Å². The van der Waals surface area contributed by atoms with Crippen LogP contribution in [0.15, 0.2) is 18.5 Å². The number of nitrogens with one attached hydrogen (secondary N) is 3. The fourth-order valence-electron chi connectivity index (χ4n) is 4.63. The third-order valence-electron chi connectivity index (χ3n) is 6.61. The topological polar surface area (TPSA) is 117 Å². The summed E-state index contributed by atoms with van der Waals surface area (Å²) in [6.07, 6.45) is 2.52. The van der Waals surface area contributed by atoms with Crippen LogP contribution in [0.1, 0.15) is 51.4 Å². The fraction of sp³-hybridized carbons (Fsp3) is 0.667. The van der Waals surface area contributed by atoms with Gasteiger partial charge in [-0.05, 0) is 50.5 Å². The average Bonchev–Trinajstić information content (AvgIpc) is 3.32. The molecular formula is C21H28F3N5O3S. The molecule has 0 saturated heterocycles. The lowest BCUT2D eigenvalue weighted by molar-refractivity contribution is -0.180. The molecule has 2 saturated carbocycles. The Morgan fingerprint density at radius 3 is 2.52 bits per heavy atom. The van der Waals surface area contributed by atoms with Gasteiger partial charge in [-0.1, -0.05) is 12.8 Å². The number of hydrogen-bond acceptors (Lipinski definition) is 5. The number of rotatable bonds is 6. The maximum atomic E-state index is 13.1. The van der Waals surface area contributed by atoms with Crippen LogP contribution < -0.4 is 10.6 Å². The van der Waals surface area contributed by atoms with Crippen LogP contribution in [0, 0.1) is 11.3 Å². The van der Waals surface area contributed by atoms with Gasteiger partial charge in [0, 0.05) is 12.2 Å². The first-order chi connectivity index (χ1) is 15.6. The van der Waals surface area contributed by atoms with E-state index in [0.717, 1.165) is 0 Å². The number of sulfone groups is 1. The van der Waals surface area contributed by atoms with Crippen molar-refractivity contribution in [3.63, 3.8) is 0 Å². The van der Waals surface area contributed by atoms with E-state index in [9.17, 15) is 26.4 Å². The molecule has 12 heteroatoms. The Morgan fingerprint density at radius 1 is 1.18 bits per heavy atom. The Balaban J connectivity index is 1.23. The number of halogens is 3. The van der Waals surface area contributed by atoms with Gasteiger partial charge in [0.15, 0.2) is 21.3 Å². The van der Waals surface area contributed by atoms with Crippen molar-refractivity contribution in [2.24, 2.45) is 11.3 Å². The number of carbonyl (C=O) groups excluding carboxylic acids is 1. The zero-order chi connectivity index (χ0) is 23.7. The van der Waals surface area contributed by atoms with Crippen molar-refractivity contribution in [2.75, 3.05) is 16.8 Å². The first kappa shape index (κ1) is 23.8. The molecule has 8 nitrogen and oxygen atoms in total. The number of alkyl halides is 3. The van der Waals surface area contributed by atoms with Crippen LogP contribution in [0.5, 0.6) is 0 Å². The summed E-state index contributed by atoms with van der Waals surface area (Å²) >= 11 is 0. The molecule has 2 aromatic heterocycles. The van der Waals surface area contributed by atoms with Crippen molar-refractivity contribution < 1.29 is 26.4 Å². The molecule has 3 N–H and O–H groups in total. The van der Waals surface area contributed by atoms with Crippen molar-refractivity contribution in [2.45, 2.75) is 63.6 Å². The van der Waals surface area contributed by atoms with Gasteiger partial charge in [-0.3, -0.25) is 5.32 Å². The molecule has 2 fully saturated rings. The van der Waals surface area contributed by atoms with E-state index in [4.69, 9.17) is 0 Å². The molecule has 2 aromatic rings. The lowest BCUT2D eigenvalue weighted by Gasteiger charge is -2.26. The standard InChI is InChI=1S/C21H28F3N5O3S/c22-21(23,24)20(8-9-20)13-33(31,32)12-14-3-1-5-15(6-2-4-14)27-19(30)29-17-11-26-18-16(28-17)7-10-25-18/h7,10-11,14-15H,1-6,8-9,12-13H2,(H,25,26)(H2,27,28,29,30). The number of urea groups is 1. The van der Waals surface area contributed by atoms with Crippen LogP contribution in [-0.2, 0) is 9.84 Å². The molecule has 0 aromatic carbocycles. The van der Waals surface area contributed by atoms with Gasteiger partial charge in [0.05, 0.1) is 23.1 Å². The highest BCUT2D eigenvalue weighted by atomic mass is 32.2. The molecule has 2 aliphatic carbocycles. The predicted molar refractivity (Wildman–Crippen MR) is 117 cm³/mol. The summed E-state index contributed by atoms with van der Waals surface area (Å²) in [5.74, 6) is -0.786. The molecule has 0 unspecified atom stereocenters. The summed E-state index contributed by atoms with van der Waals surface area (Å²) in [4.78, 5) is 23.8. The maximum absolute atomic E-state index is 13.1. The molecule has 0 aliphatic heterocycles. The van der Waals surface area contributed by atoms with E-state index in [1.54, 1.807) is 12.3 Å². The Labute approximate surface area is 190 Å². The monoisotopic (exact) mass is 487 g/mol. The maximum Gasteiger partial charge on any atom is 0.395 e. The minimum atomic E-state index is -4.46. The Hall–Kier alpha value is -2.37. The number of H-pyrrole nitrogens is 1. The van der Waals surface area contributed by atoms with E-state index in [0.29, 0.717) is 55.5 Å². The van der Waals surface area contributed by atoms with Crippen molar-refractivity contribution in [1.29, 1.82) is 0 Å². The minimum Gasteiger partial charge on any atom is -0.345 e. The summed E-state index contributed by atoms with van der Waals surface area (Å²) in [6, 6.07) is 1.31. The van der Waals surface area contributed by atoms with E-state index in [2.05, 4.69) is 25.6 Å². The molecule has 33 heavy (non-hydrogen) atoms. The molecule has 2 heterocycles. The van der Waals surface area contributed by atoms with Crippen LogP contribution in [0.25, 0.3) is 11.2 Å². The fourth-order valence-corrected chi connectivity index (χ4v) is 7.10. The SMILES string of the molecule is O=C(Nc1cnc2[nH]ccc2n1)NC1CCCC(CS(=O)(=O)CC2(C(F)(F)F)CC2)CCC1. The summed E-state index contributed by atoms with van der Waals surface area (Å²) < 4.78 is 64.4. The van der Waals surface area contributed by atoms with E-state index >= 15 is 0 Å². The molecule has 2 amide bonds. The third-order valence-corrected chi connectivity index (χ3v) is 8.58. The Bertz CT molecular complexity index is 1090. The summed E-state index contributed by atoms with van der Waals surface area (Å²) in [5, 5.41) is 5.61. The number of carbonyl (C=O) groups is 1. The largest absolute Gasteiger partial charge is 0.395 e. The number of amides is 2. The second-order valence-electron chi connectivity index (χ2n) is 9.32. The number of aromatic nitrogens is 3. The van der Waals surface area contributed by atoms with Crippen LogP contribution >= 0.6 is 0 Å². The van der Waals surface area contributed by atoms with Crippen LogP contribution in [0.3, 0.4) is 0 Å². The summed E-state index contributed by atoms with van der Waals surface area (Å²) in [5.41, 5.74) is -0.753. The second kappa shape index (κ2) is 9.11. The van der Waals surface area contributed by atoms with E-state index < -0.39 is 27.2 Å². The van der Waals surface area contributed by atoms with Crippen LogP contribution in [0.2, 0.25) is 0 Å². The van der Waals surface area contributed by atoms with Crippen molar-refractivity contribution >= 4 is 32.9 Å². The Morgan fingerprint density at radius 2 is 1.88 bits per heavy atom. The average molecular weight is 488 g/mol. The molecule has 182 valence electrons.